The molecule has 4 N–H and O–H groups in total. The van der Waals surface area contributed by atoms with Crippen LogP contribution in [0, 0.1) is 6.92 Å². The van der Waals surface area contributed by atoms with Crippen molar-refractivity contribution in [2.45, 2.75) is 52.2 Å². The molecule has 2 aromatic heterocycles. The van der Waals surface area contributed by atoms with E-state index in [1.807, 2.05) is 20.8 Å². The van der Waals surface area contributed by atoms with E-state index in [9.17, 15) is 19.5 Å². The lowest BCUT2D eigenvalue weighted by atomic mass is 10.0. The van der Waals surface area contributed by atoms with Crippen molar-refractivity contribution in [2.75, 3.05) is 13.1 Å². The summed E-state index contributed by atoms with van der Waals surface area (Å²) in [5.41, 5.74) is 1.99. The third kappa shape index (κ3) is 4.87. The summed E-state index contributed by atoms with van der Waals surface area (Å²) in [6.45, 7) is 8.22. The molecule has 0 saturated carbocycles. The third-order valence-corrected chi connectivity index (χ3v) is 5.61. The van der Waals surface area contributed by atoms with Gasteiger partial charge in [-0.25, -0.2) is 14.6 Å². The standard InChI is InChI=1S/C23H28N6O5/c1-12-17(20(30)24-14-7-9-29(10-8-14)22(33)34-23(2,3)4)18(28-27-12)19-25-15-6-5-13(21(31)32)11-16(15)26-19/h5-6,11,14H,7-10H2,1-4H3,(H,24,30)(H,25,26)(H,27,28)(H,31,32). The monoisotopic (exact) mass is 468 g/mol. The van der Waals surface area contributed by atoms with E-state index in [1.165, 1.54) is 12.1 Å². The highest BCUT2D eigenvalue weighted by Gasteiger charge is 2.29. The van der Waals surface area contributed by atoms with Gasteiger partial charge in [-0.1, -0.05) is 0 Å². The predicted octanol–water partition coefficient (Wildman–Crippen LogP) is 3.09. The van der Waals surface area contributed by atoms with E-state index < -0.39 is 11.6 Å². The number of aromatic nitrogens is 4. The van der Waals surface area contributed by atoms with E-state index in [2.05, 4.69) is 25.5 Å². The molecule has 0 unspecified atom stereocenters. The summed E-state index contributed by atoms with van der Waals surface area (Å²) in [4.78, 5) is 45.9. The molecule has 2 amide bonds. The number of aromatic amines is 2. The zero-order chi connectivity index (χ0) is 24.6. The predicted molar refractivity (Wildman–Crippen MR) is 124 cm³/mol. The molecule has 3 heterocycles. The van der Waals surface area contributed by atoms with E-state index >= 15 is 0 Å². The lowest BCUT2D eigenvalue weighted by Gasteiger charge is -2.33. The maximum Gasteiger partial charge on any atom is 0.410 e. The zero-order valence-corrected chi connectivity index (χ0v) is 19.6. The Hall–Kier alpha value is -3.89. The summed E-state index contributed by atoms with van der Waals surface area (Å²) in [5, 5.41) is 19.3. The van der Waals surface area contributed by atoms with Crippen LogP contribution in [0.4, 0.5) is 4.79 Å². The number of amides is 2. The number of hydrogen-bond donors (Lipinski definition) is 4. The van der Waals surface area contributed by atoms with Gasteiger partial charge in [-0.2, -0.15) is 5.10 Å². The number of carboxylic acids is 1. The van der Waals surface area contributed by atoms with Crippen molar-refractivity contribution in [3.63, 3.8) is 0 Å². The number of ether oxygens (including phenoxy) is 1. The number of fused-ring (bicyclic) bond motifs is 1. The van der Waals surface area contributed by atoms with Crippen molar-refractivity contribution in [1.82, 2.24) is 30.4 Å². The van der Waals surface area contributed by atoms with Crippen molar-refractivity contribution >= 4 is 29.0 Å². The first-order chi connectivity index (χ1) is 16.0. The minimum absolute atomic E-state index is 0.0952. The van der Waals surface area contributed by atoms with Crippen LogP contribution in [0.3, 0.4) is 0 Å². The quantitative estimate of drug-likeness (QED) is 0.459. The van der Waals surface area contributed by atoms with Crippen molar-refractivity contribution < 1.29 is 24.2 Å². The van der Waals surface area contributed by atoms with Crippen molar-refractivity contribution in [1.29, 1.82) is 0 Å². The van der Waals surface area contributed by atoms with Crippen LogP contribution in [0.25, 0.3) is 22.6 Å². The van der Waals surface area contributed by atoms with Crippen LogP contribution < -0.4 is 5.32 Å². The summed E-state index contributed by atoms with van der Waals surface area (Å²) in [7, 11) is 0. The SMILES string of the molecule is Cc1[nH]nc(-c2nc3cc(C(=O)O)ccc3[nH]2)c1C(=O)NC1CCN(C(=O)OC(C)(C)C)CC1. The molecule has 11 heteroatoms. The van der Waals surface area contributed by atoms with Crippen LogP contribution in [0.5, 0.6) is 0 Å². The Bertz CT molecular complexity index is 1250. The number of piperidine rings is 1. The van der Waals surface area contributed by atoms with E-state index in [4.69, 9.17) is 4.74 Å². The molecular formula is C23H28N6O5. The number of benzene rings is 1. The fraction of sp³-hybridized carbons (Fsp3) is 0.435. The first-order valence-corrected chi connectivity index (χ1v) is 11.1. The van der Waals surface area contributed by atoms with Gasteiger partial charge >= 0.3 is 12.1 Å². The van der Waals surface area contributed by atoms with E-state index in [1.54, 1.807) is 17.9 Å². The summed E-state index contributed by atoms with van der Waals surface area (Å²) in [6, 6.07) is 4.49. The molecule has 180 valence electrons. The molecule has 0 atom stereocenters. The van der Waals surface area contributed by atoms with Crippen molar-refractivity contribution in [3.8, 4) is 11.5 Å². The Balaban J connectivity index is 1.47. The number of carbonyl (C=O) groups is 3. The number of likely N-dealkylation sites (tertiary alicyclic amines) is 1. The fourth-order valence-electron chi connectivity index (χ4n) is 3.92. The summed E-state index contributed by atoms with van der Waals surface area (Å²) < 4.78 is 5.42. The van der Waals surface area contributed by atoms with Gasteiger partial charge in [0.2, 0.25) is 0 Å². The third-order valence-electron chi connectivity index (χ3n) is 5.61. The first kappa shape index (κ1) is 23.3. The topological polar surface area (TPSA) is 153 Å². The Morgan fingerprint density at radius 3 is 2.56 bits per heavy atom. The molecule has 34 heavy (non-hydrogen) atoms. The smallest absolute Gasteiger partial charge is 0.410 e. The molecule has 1 saturated heterocycles. The molecule has 0 radical (unpaired) electrons. The summed E-state index contributed by atoms with van der Waals surface area (Å²) >= 11 is 0. The van der Waals surface area contributed by atoms with Gasteiger partial charge in [0.15, 0.2) is 5.82 Å². The van der Waals surface area contributed by atoms with Gasteiger partial charge in [-0.15, -0.1) is 0 Å². The van der Waals surface area contributed by atoms with Gasteiger partial charge < -0.3 is 25.0 Å². The molecule has 1 aliphatic heterocycles. The number of imidazole rings is 1. The van der Waals surface area contributed by atoms with Gasteiger partial charge in [-0.3, -0.25) is 9.89 Å². The number of nitrogens with zero attached hydrogens (tertiary/aromatic N) is 3. The largest absolute Gasteiger partial charge is 0.478 e. The zero-order valence-electron chi connectivity index (χ0n) is 19.6. The van der Waals surface area contributed by atoms with Crippen molar-refractivity contribution in [2.24, 2.45) is 0 Å². The average molecular weight is 469 g/mol. The van der Waals surface area contributed by atoms with Crippen molar-refractivity contribution in [3.05, 3.63) is 35.0 Å². The molecule has 4 rings (SSSR count). The molecule has 1 fully saturated rings. The molecule has 1 aromatic carbocycles. The second kappa shape index (κ2) is 8.81. The lowest BCUT2D eigenvalue weighted by Crippen LogP contribution is -2.47. The molecule has 3 aromatic rings. The van der Waals surface area contributed by atoms with Crippen LogP contribution in [0.2, 0.25) is 0 Å². The molecule has 0 bridgehead atoms. The van der Waals surface area contributed by atoms with Crippen LogP contribution >= 0.6 is 0 Å². The minimum Gasteiger partial charge on any atom is -0.478 e. The maximum atomic E-state index is 13.2. The van der Waals surface area contributed by atoms with Crippen LogP contribution in [-0.2, 0) is 4.74 Å². The van der Waals surface area contributed by atoms with E-state index in [0.29, 0.717) is 59.7 Å². The highest BCUT2D eigenvalue weighted by Crippen LogP contribution is 2.25. The average Bonchev–Trinajstić information content (AvgIpc) is 3.35. The Labute approximate surface area is 195 Å². The fourth-order valence-corrected chi connectivity index (χ4v) is 3.92. The van der Waals surface area contributed by atoms with E-state index in [0.717, 1.165) is 0 Å². The normalized spacial score (nSPS) is 14.9. The number of carboxylic acid groups (broad SMARTS) is 1. The number of aryl methyl sites for hydroxylation is 1. The van der Waals surface area contributed by atoms with Crippen LogP contribution in [-0.4, -0.2) is 72.9 Å². The second-order valence-electron chi connectivity index (χ2n) is 9.41. The van der Waals surface area contributed by atoms with E-state index in [-0.39, 0.29) is 23.6 Å². The Morgan fingerprint density at radius 1 is 1.21 bits per heavy atom. The number of nitrogens with one attached hydrogen (secondary N) is 3. The summed E-state index contributed by atoms with van der Waals surface area (Å²) in [6.07, 6.45) is 0.876. The molecule has 0 spiro atoms. The highest BCUT2D eigenvalue weighted by atomic mass is 16.6. The number of H-pyrrole nitrogens is 2. The molecular weight excluding hydrogens is 440 g/mol. The van der Waals surface area contributed by atoms with Crippen LogP contribution in [0.1, 0.15) is 60.0 Å². The number of aromatic carboxylic acids is 1. The molecule has 1 aliphatic rings. The second-order valence-corrected chi connectivity index (χ2v) is 9.41. The first-order valence-electron chi connectivity index (χ1n) is 11.1. The van der Waals surface area contributed by atoms with Crippen LogP contribution in [0.15, 0.2) is 18.2 Å². The summed E-state index contributed by atoms with van der Waals surface area (Å²) in [5.74, 6) is -0.963. The van der Waals surface area contributed by atoms with Gasteiger partial charge in [0.05, 0.1) is 22.2 Å². The Morgan fingerprint density at radius 2 is 1.91 bits per heavy atom. The Kier molecular flexibility index (Phi) is 6.03. The lowest BCUT2D eigenvalue weighted by molar-refractivity contribution is 0.0199. The van der Waals surface area contributed by atoms with Gasteiger partial charge in [0.1, 0.15) is 11.3 Å². The molecule has 11 nitrogen and oxygen atoms in total. The number of hydrogen-bond acceptors (Lipinski definition) is 6. The van der Waals surface area contributed by atoms with Gasteiger partial charge in [-0.05, 0) is 58.7 Å². The maximum absolute atomic E-state index is 13.2. The minimum atomic E-state index is -1.04. The van der Waals surface area contributed by atoms with Gasteiger partial charge in [0, 0.05) is 24.8 Å². The number of carbonyl (C=O) groups excluding carboxylic acids is 2. The number of rotatable bonds is 4. The highest BCUT2D eigenvalue weighted by molar-refractivity contribution is 6.01. The van der Waals surface area contributed by atoms with Gasteiger partial charge in [0.25, 0.3) is 5.91 Å². The molecule has 0 aliphatic carbocycles.